The summed E-state index contributed by atoms with van der Waals surface area (Å²) in [6.07, 6.45) is 0. The van der Waals surface area contributed by atoms with E-state index in [4.69, 9.17) is 4.74 Å². The number of anilines is 1. The average molecular weight is 439 g/mol. The Morgan fingerprint density at radius 2 is 1.75 bits per heavy atom. The number of nitrogens with zero attached hydrogens (tertiary/aromatic N) is 2. The predicted octanol–water partition coefficient (Wildman–Crippen LogP) is 3.78. The minimum atomic E-state index is -0.624. The highest BCUT2D eigenvalue weighted by Crippen LogP contribution is 2.22. The van der Waals surface area contributed by atoms with Gasteiger partial charge in [0, 0.05) is 24.9 Å². The van der Waals surface area contributed by atoms with Crippen LogP contribution in [0.5, 0.6) is 0 Å². The Balaban J connectivity index is 1.78. The van der Waals surface area contributed by atoms with Crippen molar-refractivity contribution >= 4 is 17.5 Å². The van der Waals surface area contributed by atoms with Crippen LogP contribution >= 0.6 is 0 Å². The zero-order valence-corrected chi connectivity index (χ0v) is 18.7. The Morgan fingerprint density at radius 1 is 1.03 bits per heavy atom. The maximum Gasteiger partial charge on any atom is 0.258 e. The molecular formula is C24H27FN4O3. The molecule has 1 aromatic heterocycles. The number of rotatable bonds is 8. The van der Waals surface area contributed by atoms with Gasteiger partial charge in [0.25, 0.3) is 11.8 Å². The number of nitrogens with one attached hydrogen (secondary N) is 2. The maximum absolute atomic E-state index is 14.0. The van der Waals surface area contributed by atoms with Crippen LogP contribution in [0, 0.1) is 26.6 Å². The number of carbonyl (C=O) groups excluding carboxylic acids is 2. The third kappa shape index (κ3) is 5.03. The smallest absolute Gasteiger partial charge is 0.258 e. The summed E-state index contributed by atoms with van der Waals surface area (Å²) in [5.41, 5.74) is 3.98. The van der Waals surface area contributed by atoms with Crippen molar-refractivity contribution in [3.8, 4) is 0 Å². The zero-order valence-electron chi connectivity index (χ0n) is 18.7. The fourth-order valence-electron chi connectivity index (χ4n) is 3.50. The molecule has 8 heteroatoms. The van der Waals surface area contributed by atoms with Gasteiger partial charge in [-0.1, -0.05) is 24.3 Å². The fraction of sp³-hybridized carbons (Fsp3) is 0.292. The Bertz CT molecular complexity index is 1140. The molecule has 0 radical (unpaired) electrons. The van der Waals surface area contributed by atoms with Crippen LogP contribution < -0.4 is 10.6 Å². The van der Waals surface area contributed by atoms with Crippen molar-refractivity contribution < 1.29 is 18.7 Å². The maximum atomic E-state index is 14.0. The number of aryl methyl sites for hydroxylation is 2. The van der Waals surface area contributed by atoms with Gasteiger partial charge in [0.05, 0.1) is 35.7 Å². The molecule has 0 saturated carbocycles. The van der Waals surface area contributed by atoms with Crippen LogP contribution in [0.3, 0.4) is 0 Å². The number of methoxy groups -OCH3 is 1. The highest BCUT2D eigenvalue weighted by Gasteiger charge is 2.19. The molecule has 0 spiro atoms. The number of carbonyl (C=O) groups is 2. The first-order chi connectivity index (χ1) is 15.3. The second kappa shape index (κ2) is 10.2. The lowest BCUT2D eigenvalue weighted by Gasteiger charge is -2.14. The summed E-state index contributed by atoms with van der Waals surface area (Å²) in [5, 5.41) is 10.1. The second-order valence-corrected chi connectivity index (χ2v) is 7.48. The molecular weight excluding hydrogens is 411 g/mol. The highest BCUT2D eigenvalue weighted by molar-refractivity contribution is 6.09. The van der Waals surface area contributed by atoms with Crippen molar-refractivity contribution in [2.45, 2.75) is 33.9 Å². The first-order valence-electron chi connectivity index (χ1n) is 10.3. The predicted molar refractivity (Wildman–Crippen MR) is 120 cm³/mol. The summed E-state index contributed by atoms with van der Waals surface area (Å²) in [6.45, 7) is 7.08. The first-order valence-corrected chi connectivity index (χ1v) is 10.3. The van der Waals surface area contributed by atoms with Crippen LogP contribution in [0.1, 0.15) is 43.2 Å². The largest absolute Gasteiger partial charge is 0.383 e. The molecule has 2 N–H and O–H groups in total. The van der Waals surface area contributed by atoms with Crippen LogP contribution in [-0.2, 0) is 17.8 Å². The zero-order chi connectivity index (χ0) is 23.3. The van der Waals surface area contributed by atoms with E-state index in [1.807, 2.05) is 18.5 Å². The monoisotopic (exact) mass is 438 g/mol. The van der Waals surface area contributed by atoms with Gasteiger partial charge < -0.3 is 15.4 Å². The Kier molecular flexibility index (Phi) is 7.37. The molecule has 0 unspecified atom stereocenters. The van der Waals surface area contributed by atoms with Gasteiger partial charge in [0.2, 0.25) is 0 Å². The van der Waals surface area contributed by atoms with E-state index in [1.54, 1.807) is 38.3 Å². The Labute approximate surface area is 186 Å². The van der Waals surface area contributed by atoms with Crippen molar-refractivity contribution in [1.82, 2.24) is 15.1 Å². The van der Waals surface area contributed by atoms with Gasteiger partial charge in [-0.15, -0.1) is 0 Å². The second-order valence-electron chi connectivity index (χ2n) is 7.48. The molecule has 1 heterocycles. The summed E-state index contributed by atoms with van der Waals surface area (Å²) in [5.74, 6) is -1.58. The van der Waals surface area contributed by atoms with Crippen LogP contribution in [0.2, 0.25) is 0 Å². The number of para-hydroxylation sites is 1. The van der Waals surface area contributed by atoms with Crippen LogP contribution in [0.25, 0.3) is 0 Å². The van der Waals surface area contributed by atoms with Gasteiger partial charge in [-0.2, -0.15) is 5.10 Å². The van der Waals surface area contributed by atoms with Crippen molar-refractivity contribution in [2.24, 2.45) is 0 Å². The van der Waals surface area contributed by atoms with E-state index in [0.29, 0.717) is 30.0 Å². The molecule has 3 rings (SSSR count). The molecule has 0 aliphatic carbocycles. The molecule has 0 fully saturated rings. The van der Waals surface area contributed by atoms with E-state index in [9.17, 15) is 14.0 Å². The summed E-state index contributed by atoms with van der Waals surface area (Å²) in [6, 6.07) is 10.9. The van der Waals surface area contributed by atoms with Crippen LogP contribution in [0.4, 0.5) is 10.1 Å². The van der Waals surface area contributed by atoms with Gasteiger partial charge in [-0.25, -0.2) is 4.39 Å². The van der Waals surface area contributed by atoms with Crippen molar-refractivity contribution in [2.75, 3.05) is 19.0 Å². The highest BCUT2D eigenvalue weighted by atomic mass is 19.1. The molecule has 0 aliphatic heterocycles. The Hall–Kier alpha value is -3.52. The quantitative estimate of drug-likeness (QED) is 0.561. The summed E-state index contributed by atoms with van der Waals surface area (Å²) in [7, 11) is 1.64. The molecule has 2 aromatic carbocycles. The van der Waals surface area contributed by atoms with Gasteiger partial charge in [-0.05, 0) is 44.5 Å². The van der Waals surface area contributed by atoms with Crippen molar-refractivity contribution in [3.63, 3.8) is 0 Å². The van der Waals surface area contributed by atoms with E-state index < -0.39 is 11.7 Å². The third-order valence-electron chi connectivity index (χ3n) is 5.34. The number of halogens is 1. The lowest BCUT2D eigenvalue weighted by molar-refractivity contribution is 0.0951. The van der Waals surface area contributed by atoms with E-state index in [-0.39, 0.29) is 18.0 Å². The van der Waals surface area contributed by atoms with Crippen LogP contribution in [0.15, 0.2) is 42.5 Å². The number of ether oxygens (including phenoxy) is 1. The number of amides is 2. The molecule has 0 atom stereocenters. The number of benzene rings is 2. The standard InChI is InChI=1S/C24H27FN4O3/c1-15-8-7-10-19(22(15)27-24(31)18-9-5-6-11-21(18)25)23(30)26-14-20-16(2)28-29(17(20)3)12-13-32-4/h5-11H,12-14H2,1-4H3,(H,26,30)(H,27,31). The van der Waals surface area contributed by atoms with Gasteiger partial charge >= 0.3 is 0 Å². The topological polar surface area (TPSA) is 85.2 Å². The lowest BCUT2D eigenvalue weighted by atomic mass is 10.1. The molecule has 3 aromatic rings. The third-order valence-corrected chi connectivity index (χ3v) is 5.34. The van der Waals surface area contributed by atoms with Crippen molar-refractivity contribution in [3.05, 3.63) is 81.9 Å². The SMILES string of the molecule is COCCn1nc(C)c(CNC(=O)c2cccc(C)c2NC(=O)c2ccccc2F)c1C. The van der Waals surface area contributed by atoms with E-state index >= 15 is 0 Å². The van der Waals surface area contributed by atoms with E-state index in [2.05, 4.69) is 15.7 Å². The number of aromatic nitrogens is 2. The Morgan fingerprint density at radius 3 is 2.47 bits per heavy atom. The van der Waals surface area contributed by atoms with Gasteiger partial charge in [-0.3, -0.25) is 14.3 Å². The minimum Gasteiger partial charge on any atom is -0.383 e. The molecule has 168 valence electrons. The average Bonchev–Trinajstić information content (AvgIpc) is 3.04. The normalized spacial score (nSPS) is 10.8. The van der Waals surface area contributed by atoms with Gasteiger partial charge in [0.15, 0.2) is 0 Å². The molecule has 0 aliphatic rings. The molecule has 2 amide bonds. The molecule has 7 nitrogen and oxygen atoms in total. The van der Waals surface area contributed by atoms with E-state index in [1.165, 1.54) is 18.2 Å². The molecule has 0 bridgehead atoms. The van der Waals surface area contributed by atoms with E-state index in [0.717, 1.165) is 17.0 Å². The fourth-order valence-corrected chi connectivity index (χ4v) is 3.50. The number of hydrogen-bond acceptors (Lipinski definition) is 4. The summed E-state index contributed by atoms with van der Waals surface area (Å²) < 4.78 is 21.0. The minimum absolute atomic E-state index is 0.0863. The summed E-state index contributed by atoms with van der Waals surface area (Å²) >= 11 is 0. The molecule has 32 heavy (non-hydrogen) atoms. The molecule has 0 saturated heterocycles. The first kappa shape index (κ1) is 23.1. The van der Waals surface area contributed by atoms with Crippen LogP contribution in [-0.4, -0.2) is 35.3 Å². The summed E-state index contributed by atoms with van der Waals surface area (Å²) in [4.78, 5) is 25.6. The number of hydrogen-bond donors (Lipinski definition) is 2. The van der Waals surface area contributed by atoms with Gasteiger partial charge in [0.1, 0.15) is 5.82 Å². The van der Waals surface area contributed by atoms with Crippen molar-refractivity contribution in [1.29, 1.82) is 0 Å². The lowest BCUT2D eigenvalue weighted by Crippen LogP contribution is -2.26.